The van der Waals surface area contributed by atoms with Gasteiger partial charge in [-0.3, -0.25) is 9.40 Å². The van der Waals surface area contributed by atoms with E-state index in [9.17, 15) is 8.42 Å². The van der Waals surface area contributed by atoms with Gasteiger partial charge < -0.3 is 0 Å². The molecule has 1 heterocycles. The van der Waals surface area contributed by atoms with E-state index in [0.29, 0.717) is 0 Å². The highest BCUT2D eigenvalue weighted by atomic mass is 32.2. The third-order valence-electron chi connectivity index (χ3n) is 1.46. The zero-order chi connectivity index (χ0) is 11.5. The summed E-state index contributed by atoms with van der Waals surface area (Å²) in [6.45, 7) is 0. The molecule has 0 aliphatic rings. The van der Waals surface area contributed by atoms with Gasteiger partial charge in [-0.25, -0.2) is 8.42 Å². The van der Waals surface area contributed by atoms with Crippen molar-refractivity contribution in [1.82, 2.24) is 9.78 Å². The maximum Gasteiger partial charge on any atom is 0.247 e. The first-order valence-corrected chi connectivity index (χ1v) is 5.45. The number of aryl methyl sites for hydroxylation is 1. The zero-order valence-corrected chi connectivity index (χ0v) is 8.61. The van der Waals surface area contributed by atoms with E-state index in [1.54, 1.807) is 13.1 Å². The predicted molar refractivity (Wildman–Crippen MR) is 50.9 cm³/mol. The summed E-state index contributed by atoms with van der Waals surface area (Å²) in [6, 6.07) is 3.29. The molecule has 1 N–H and O–H groups in total. The summed E-state index contributed by atoms with van der Waals surface area (Å²) in [7, 11) is -2.18. The summed E-state index contributed by atoms with van der Waals surface area (Å²) in [5, 5.41) is 20.7. The standard InChI is InChI=1S/C7H7N5O2S/c1-12-5-6(4-9)7(10-12)11-15(13,14)3-2-8/h5H,3H2,1H3,(H,10,11). The van der Waals surface area contributed by atoms with Gasteiger partial charge in [-0.15, -0.1) is 0 Å². The average molecular weight is 225 g/mol. The van der Waals surface area contributed by atoms with Crippen LogP contribution < -0.4 is 4.72 Å². The van der Waals surface area contributed by atoms with Gasteiger partial charge in [-0.1, -0.05) is 0 Å². The number of aromatic nitrogens is 2. The Kier molecular flexibility index (Phi) is 2.93. The molecule has 0 saturated heterocycles. The van der Waals surface area contributed by atoms with Crippen LogP contribution in [-0.2, 0) is 17.1 Å². The Morgan fingerprint density at radius 2 is 2.27 bits per heavy atom. The highest BCUT2D eigenvalue weighted by Crippen LogP contribution is 2.12. The van der Waals surface area contributed by atoms with Crippen LogP contribution in [0.4, 0.5) is 5.82 Å². The Hall–Kier alpha value is -2.06. The van der Waals surface area contributed by atoms with Gasteiger partial charge in [0, 0.05) is 13.2 Å². The van der Waals surface area contributed by atoms with E-state index in [-0.39, 0.29) is 11.4 Å². The van der Waals surface area contributed by atoms with Crippen molar-refractivity contribution < 1.29 is 8.42 Å². The van der Waals surface area contributed by atoms with Crippen LogP contribution in [0.3, 0.4) is 0 Å². The molecule has 15 heavy (non-hydrogen) atoms. The van der Waals surface area contributed by atoms with Gasteiger partial charge in [0.05, 0.1) is 6.07 Å². The third-order valence-corrected chi connectivity index (χ3v) is 2.47. The van der Waals surface area contributed by atoms with Crippen molar-refractivity contribution >= 4 is 15.8 Å². The van der Waals surface area contributed by atoms with Gasteiger partial charge >= 0.3 is 0 Å². The summed E-state index contributed by atoms with van der Waals surface area (Å²) in [5.74, 6) is -0.732. The highest BCUT2D eigenvalue weighted by molar-refractivity contribution is 7.92. The number of nitrogens with zero attached hydrogens (tertiary/aromatic N) is 4. The van der Waals surface area contributed by atoms with Crippen molar-refractivity contribution in [3.63, 3.8) is 0 Å². The second kappa shape index (κ2) is 3.98. The third kappa shape index (κ3) is 2.69. The molecule has 1 aromatic heterocycles. The fraction of sp³-hybridized carbons (Fsp3) is 0.286. The van der Waals surface area contributed by atoms with Crippen LogP contribution >= 0.6 is 0 Å². The zero-order valence-electron chi connectivity index (χ0n) is 7.80. The minimum absolute atomic E-state index is 0.0600. The van der Waals surface area contributed by atoms with E-state index in [0.717, 1.165) is 0 Å². The molecule has 7 nitrogen and oxygen atoms in total. The molecule has 0 spiro atoms. The Morgan fingerprint density at radius 3 is 2.80 bits per heavy atom. The van der Waals surface area contributed by atoms with Gasteiger partial charge in [0.1, 0.15) is 11.6 Å². The molecule has 1 rings (SSSR count). The highest BCUT2D eigenvalue weighted by Gasteiger charge is 2.15. The van der Waals surface area contributed by atoms with Gasteiger partial charge in [0.2, 0.25) is 10.0 Å². The van der Waals surface area contributed by atoms with Crippen molar-refractivity contribution in [2.45, 2.75) is 0 Å². The summed E-state index contributed by atoms with van der Waals surface area (Å²) in [5.41, 5.74) is 0.110. The molecular weight excluding hydrogens is 218 g/mol. The summed E-state index contributed by atoms with van der Waals surface area (Å²) in [4.78, 5) is 0. The maximum atomic E-state index is 11.2. The molecule has 0 aromatic carbocycles. The van der Waals surface area contributed by atoms with Gasteiger partial charge in [-0.05, 0) is 0 Å². The van der Waals surface area contributed by atoms with Crippen molar-refractivity contribution in [2.24, 2.45) is 7.05 Å². The lowest BCUT2D eigenvalue weighted by molar-refractivity contribution is 0.604. The number of nitrogens with one attached hydrogen (secondary N) is 1. The quantitative estimate of drug-likeness (QED) is 0.749. The van der Waals surface area contributed by atoms with Crippen molar-refractivity contribution in [3.8, 4) is 12.1 Å². The first-order valence-electron chi connectivity index (χ1n) is 3.79. The monoisotopic (exact) mass is 225 g/mol. The van der Waals surface area contributed by atoms with Crippen molar-refractivity contribution in [2.75, 3.05) is 10.5 Å². The molecule has 78 valence electrons. The van der Waals surface area contributed by atoms with Crippen LogP contribution in [0.5, 0.6) is 0 Å². The van der Waals surface area contributed by atoms with Crippen LogP contribution in [0.2, 0.25) is 0 Å². The molecule has 0 bridgehead atoms. The molecule has 0 aliphatic carbocycles. The van der Waals surface area contributed by atoms with Crippen molar-refractivity contribution in [3.05, 3.63) is 11.8 Å². The fourth-order valence-corrected chi connectivity index (χ4v) is 1.60. The molecule has 0 radical (unpaired) electrons. The summed E-state index contributed by atoms with van der Waals surface area (Å²) >= 11 is 0. The second-order valence-electron chi connectivity index (χ2n) is 2.70. The average Bonchev–Trinajstić information content (AvgIpc) is 2.44. The summed E-state index contributed by atoms with van der Waals surface area (Å²) < 4.78 is 25.7. The van der Waals surface area contributed by atoms with E-state index >= 15 is 0 Å². The van der Waals surface area contributed by atoms with Gasteiger partial charge in [0.25, 0.3) is 0 Å². The summed E-state index contributed by atoms with van der Waals surface area (Å²) in [6.07, 6.45) is 1.38. The molecule has 1 aromatic rings. The number of anilines is 1. The lowest BCUT2D eigenvalue weighted by Gasteiger charge is -2.00. The normalized spacial score (nSPS) is 10.3. The first-order chi connectivity index (χ1) is 6.98. The fourth-order valence-electron chi connectivity index (χ4n) is 0.914. The van der Waals surface area contributed by atoms with E-state index in [4.69, 9.17) is 10.5 Å². The van der Waals surface area contributed by atoms with E-state index < -0.39 is 15.8 Å². The SMILES string of the molecule is Cn1cc(C#N)c(NS(=O)(=O)CC#N)n1. The predicted octanol–water partition coefficient (Wildman–Crippen LogP) is -0.443. The Morgan fingerprint density at radius 1 is 1.60 bits per heavy atom. The Labute approximate surface area is 86.6 Å². The number of hydrogen-bond acceptors (Lipinski definition) is 5. The molecule has 0 unspecified atom stereocenters. The number of nitriles is 2. The lowest BCUT2D eigenvalue weighted by atomic mass is 10.4. The molecular formula is C7H7N5O2S. The number of hydrogen-bond donors (Lipinski definition) is 1. The van der Waals surface area contributed by atoms with Crippen LogP contribution in [-0.4, -0.2) is 24.0 Å². The van der Waals surface area contributed by atoms with Crippen molar-refractivity contribution in [1.29, 1.82) is 10.5 Å². The maximum absolute atomic E-state index is 11.2. The van der Waals surface area contributed by atoms with Crippen LogP contribution in [0.15, 0.2) is 6.20 Å². The molecule has 0 atom stereocenters. The molecule has 0 saturated carbocycles. The minimum atomic E-state index is -3.74. The largest absolute Gasteiger partial charge is 0.272 e. The first kappa shape index (κ1) is 11.0. The van der Waals surface area contributed by atoms with Crippen LogP contribution in [0.25, 0.3) is 0 Å². The number of sulfonamides is 1. The molecule has 0 aliphatic heterocycles. The van der Waals surface area contributed by atoms with E-state index in [2.05, 4.69) is 9.82 Å². The number of rotatable bonds is 3. The van der Waals surface area contributed by atoms with Crippen LogP contribution in [0, 0.1) is 22.7 Å². The topological polar surface area (TPSA) is 112 Å². The minimum Gasteiger partial charge on any atom is -0.272 e. The van der Waals surface area contributed by atoms with Crippen LogP contribution in [0.1, 0.15) is 5.56 Å². The Bertz CT molecular complexity index is 545. The lowest BCUT2D eigenvalue weighted by Crippen LogP contribution is -2.16. The molecule has 8 heteroatoms. The second-order valence-corrected chi connectivity index (χ2v) is 4.42. The Balaban J connectivity index is 3.01. The van der Waals surface area contributed by atoms with E-state index in [1.165, 1.54) is 16.9 Å². The molecule has 0 fully saturated rings. The van der Waals surface area contributed by atoms with Gasteiger partial charge in [0.15, 0.2) is 11.6 Å². The van der Waals surface area contributed by atoms with Gasteiger partial charge in [-0.2, -0.15) is 15.6 Å². The molecule has 0 amide bonds. The van der Waals surface area contributed by atoms with E-state index in [1.807, 2.05) is 0 Å². The smallest absolute Gasteiger partial charge is 0.247 e.